The number of hydrogen-bond donors (Lipinski definition) is 2. The van der Waals surface area contributed by atoms with E-state index in [1.54, 1.807) is 36.5 Å². The third-order valence-electron chi connectivity index (χ3n) is 3.83. The SMILES string of the molecule is COc1cc(F)ccc1Oc1nc2ccccc2nc1C(=O)Nc1cc[nH]n1. The molecule has 0 bridgehead atoms. The van der Waals surface area contributed by atoms with Gasteiger partial charge in [0.2, 0.25) is 0 Å². The molecule has 0 unspecified atom stereocenters. The zero-order valence-electron chi connectivity index (χ0n) is 14.6. The van der Waals surface area contributed by atoms with Crippen molar-refractivity contribution < 1.29 is 18.7 Å². The molecule has 0 radical (unpaired) electrons. The number of carbonyl (C=O) groups is 1. The Morgan fingerprint density at radius 1 is 1.07 bits per heavy atom. The summed E-state index contributed by atoms with van der Waals surface area (Å²) in [6.07, 6.45) is 1.57. The number of aromatic amines is 1. The maximum Gasteiger partial charge on any atom is 0.281 e. The third kappa shape index (κ3) is 3.45. The van der Waals surface area contributed by atoms with Crippen molar-refractivity contribution in [2.24, 2.45) is 0 Å². The number of nitrogens with zero attached hydrogens (tertiary/aromatic N) is 3. The normalized spacial score (nSPS) is 10.6. The molecule has 4 rings (SSSR count). The number of benzene rings is 2. The summed E-state index contributed by atoms with van der Waals surface area (Å²) in [6.45, 7) is 0. The number of halogens is 1. The lowest BCUT2D eigenvalue weighted by Crippen LogP contribution is -2.16. The molecule has 9 heteroatoms. The number of methoxy groups -OCH3 is 1. The van der Waals surface area contributed by atoms with Gasteiger partial charge in [-0.05, 0) is 24.3 Å². The predicted molar refractivity (Wildman–Crippen MR) is 99.1 cm³/mol. The fourth-order valence-corrected chi connectivity index (χ4v) is 2.54. The highest BCUT2D eigenvalue weighted by Gasteiger charge is 2.21. The van der Waals surface area contributed by atoms with Gasteiger partial charge in [-0.3, -0.25) is 9.89 Å². The van der Waals surface area contributed by atoms with Crippen LogP contribution in [0.15, 0.2) is 54.7 Å². The monoisotopic (exact) mass is 379 g/mol. The Morgan fingerprint density at radius 3 is 2.57 bits per heavy atom. The Kier molecular flexibility index (Phi) is 4.55. The summed E-state index contributed by atoms with van der Waals surface area (Å²) in [4.78, 5) is 21.5. The number of aromatic nitrogens is 4. The molecule has 0 atom stereocenters. The van der Waals surface area contributed by atoms with Crippen LogP contribution in [0.25, 0.3) is 11.0 Å². The molecular formula is C19H14FN5O3. The number of fused-ring (bicyclic) bond motifs is 1. The van der Waals surface area contributed by atoms with Crippen LogP contribution < -0.4 is 14.8 Å². The van der Waals surface area contributed by atoms with Gasteiger partial charge in [0.1, 0.15) is 5.82 Å². The van der Waals surface area contributed by atoms with Crippen LogP contribution in [-0.2, 0) is 0 Å². The third-order valence-corrected chi connectivity index (χ3v) is 3.83. The molecule has 2 aromatic heterocycles. The highest BCUT2D eigenvalue weighted by Crippen LogP contribution is 2.33. The first kappa shape index (κ1) is 17.4. The second-order valence-electron chi connectivity index (χ2n) is 5.68. The minimum atomic E-state index is -0.554. The second-order valence-corrected chi connectivity index (χ2v) is 5.68. The van der Waals surface area contributed by atoms with Gasteiger partial charge in [0, 0.05) is 18.3 Å². The number of carbonyl (C=O) groups excluding carboxylic acids is 1. The quantitative estimate of drug-likeness (QED) is 0.550. The Balaban J connectivity index is 1.78. The molecule has 0 spiro atoms. The molecular weight excluding hydrogens is 365 g/mol. The number of anilines is 1. The van der Waals surface area contributed by atoms with Gasteiger partial charge in [0.05, 0.1) is 18.1 Å². The predicted octanol–water partition coefficient (Wildman–Crippen LogP) is 3.55. The highest BCUT2D eigenvalue weighted by molar-refractivity contribution is 6.05. The van der Waals surface area contributed by atoms with Gasteiger partial charge in [0.25, 0.3) is 11.8 Å². The van der Waals surface area contributed by atoms with E-state index in [0.717, 1.165) is 0 Å². The largest absolute Gasteiger partial charge is 0.493 e. The number of ether oxygens (including phenoxy) is 2. The van der Waals surface area contributed by atoms with Crippen molar-refractivity contribution in [2.45, 2.75) is 0 Å². The Labute approximate surface area is 158 Å². The summed E-state index contributed by atoms with van der Waals surface area (Å²) in [5.41, 5.74) is 1.01. The van der Waals surface area contributed by atoms with Crippen molar-refractivity contribution in [3.05, 3.63) is 66.2 Å². The standard InChI is InChI=1S/C19H14FN5O3/c1-27-15-10-11(20)6-7-14(15)28-19-17(18(26)24-16-8-9-21-25-16)22-12-4-2-3-5-13(12)23-19/h2-10H,1H3,(H2,21,24,25,26). The summed E-state index contributed by atoms with van der Waals surface area (Å²) in [5.74, 6) is -0.399. The zero-order chi connectivity index (χ0) is 19.5. The number of rotatable bonds is 5. The van der Waals surface area contributed by atoms with Crippen LogP contribution in [0.5, 0.6) is 17.4 Å². The van der Waals surface area contributed by atoms with Crippen molar-refractivity contribution in [2.75, 3.05) is 12.4 Å². The van der Waals surface area contributed by atoms with E-state index >= 15 is 0 Å². The molecule has 4 aromatic rings. The van der Waals surface area contributed by atoms with Crippen LogP contribution >= 0.6 is 0 Å². The molecule has 0 aliphatic carbocycles. The number of amides is 1. The van der Waals surface area contributed by atoms with Crippen LogP contribution in [0.4, 0.5) is 10.2 Å². The first-order valence-corrected chi connectivity index (χ1v) is 8.23. The van der Waals surface area contributed by atoms with E-state index in [9.17, 15) is 9.18 Å². The van der Waals surface area contributed by atoms with E-state index in [2.05, 4.69) is 25.5 Å². The lowest BCUT2D eigenvalue weighted by atomic mass is 10.2. The molecule has 0 fully saturated rings. The lowest BCUT2D eigenvalue weighted by molar-refractivity contribution is 0.101. The smallest absolute Gasteiger partial charge is 0.281 e. The maximum atomic E-state index is 13.5. The molecule has 8 nitrogen and oxygen atoms in total. The lowest BCUT2D eigenvalue weighted by Gasteiger charge is -2.13. The summed E-state index contributed by atoms with van der Waals surface area (Å²) in [7, 11) is 1.39. The van der Waals surface area contributed by atoms with Crippen LogP contribution in [0.2, 0.25) is 0 Å². The highest BCUT2D eigenvalue weighted by atomic mass is 19.1. The van der Waals surface area contributed by atoms with E-state index in [1.165, 1.54) is 25.3 Å². The van der Waals surface area contributed by atoms with Gasteiger partial charge in [-0.25, -0.2) is 14.4 Å². The molecule has 28 heavy (non-hydrogen) atoms. The Hall–Kier alpha value is -4.01. The molecule has 2 aromatic carbocycles. The summed E-state index contributed by atoms with van der Waals surface area (Å²) in [5, 5.41) is 9.11. The molecule has 0 saturated carbocycles. The second kappa shape index (κ2) is 7.31. The minimum Gasteiger partial charge on any atom is -0.493 e. The first-order valence-electron chi connectivity index (χ1n) is 8.23. The first-order chi connectivity index (χ1) is 13.6. The molecule has 0 saturated heterocycles. The van der Waals surface area contributed by atoms with E-state index in [4.69, 9.17) is 9.47 Å². The van der Waals surface area contributed by atoms with Gasteiger partial charge < -0.3 is 14.8 Å². The van der Waals surface area contributed by atoms with Gasteiger partial charge in [-0.1, -0.05) is 12.1 Å². The van der Waals surface area contributed by atoms with Crippen LogP contribution in [0.3, 0.4) is 0 Å². The molecule has 2 heterocycles. The van der Waals surface area contributed by atoms with Gasteiger partial charge >= 0.3 is 0 Å². The number of nitrogens with one attached hydrogen (secondary N) is 2. The van der Waals surface area contributed by atoms with Crippen LogP contribution in [-0.4, -0.2) is 33.2 Å². The number of H-pyrrole nitrogens is 1. The maximum absolute atomic E-state index is 13.5. The Bertz CT molecular complexity index is 1150. The number of hydrogen-bond acceptors (Lipinski definition) is 6. The van der Waals surface area contributed by atoms with Gasteiger partial charge in [0.15, 0.2) is 23.0 Å². The molecule has 0 aliphatic heterocycles. The average Bonchev–Trinajstić information content (AvgIpc) is 3.21. The fourth-order valence-electron chi connectivity index (χ4n) is 2.54. The van der Waals surface area contributed by atoms with Crippen molar-refractivity contribution >= 4 is 22.8 Å². The average molecular weight is 379 g/mol. The van der Waals surface area contributed by atoms with E-state index in [-0.39, 0.29) is 23.1 Å². The molecule has 1 amide bonds. The topological polar surface area (TPSA) is 102 Å². The van der Waals surface area contributed by atoms with Crippen molar-refractivity contribution in [1.82, 2.24) is 20.2 Å². The Morgan fingerprint density at radius 2 is 1.86 bits per heavy atom. The van der Waals surface area contributed by atoms with Gasteiger partial charge in [-0.15, -0.1) is 0 Å². The molecule has 2 N–H and O–H groups in total. The van der Waals surface area contributed by atoms with Crippen molar-refractivity contribution in [3.63, 3.8) is 0 Å². The van der Waals surface area contributed by atoms with Crippen molar-refractivity contribution in [1.29, 1.82) is 0 Å². The van der Waals surface area contributed by atoms with Crippen LogP contribution in [0.1, 0.15) is 10.5 Å². The van der Waals surface area contributed by atoms with Gasteiger partial charge in [-0.2, -0.15) is 5.10 Å². The zero-order valence-corrected chi connectivity index (χ0v) is 14.6. The van der Waals surface area contributed by atoms with E-state index in [0.29, 0.717) is 16.9 Å². The van der Waals surface area contributed by atoms with E-state index in [1.807, 2.05) is 0 Å². The summed E-state index contributed by atoms with van der Waals surface area (Å²) < 4.78 is 24.4. The minimum absolute atomic E-state index is 0.0448. The van der Waals surface area contributed by atoms with E-state index < -0.39 is 11.7 Å². The molecule has 0 aliphatic rings. The molecule has 140 valence electrons. The summed E-state index contributed by atoms with van der Waals surface area (Å²) in [6, 6.07) is 12.4. The van der Waals surface area contributed by atoms with Crippen LogP contribution in [0, 0.1) is 5.82 Å². The fraction of sp³-hybridized carbons (Fsp3) is 0.0526. The number of para-hydroxylation sites is 2. The summed E-state index contributed by atoms with van der Waals surface area (Å²) >= 11 is 0. The van der Waals surface area contributed by atoms with Crippen molar-refractivity contribution in [3.8, 4) is 17.4 Å².